The average Bonchev–Trinajstić information content (AvgIpc) is 2.50. The second-order valence-corrected chi connectivity index (χ2v) is 5.78. The van der Waals surface area contributed by atoms with Gasteiger partial charge in [-0.25, -0.2) is 0 Å². The molecule has 0 radical (unpaired) electrons. The van der Waals surface area contributed by atoms with Crippen molar-refractivity contribution in [2.24, 2.45) is 11.8 Å². The van der Waals surface area contributed by atoms with E-state index >= 15 is 0 Å². The molecule has 120 valence electrons. The number of hydrogen-bond donors (Lipinski definition) is 1. The van der Waals surface area contributed by atoms with Gasteiger partial charge in [0.15, 0.2) is 0 Å². The summed E-state index contributed by atoms with van der Waals surface area (Å²) in [6.45, 7) is 7.36. The van der Waals surface area contributed by atoms with Gasteiger partial charge in [-0.05, 0) is 42.5 Å². The molecule has 1 N–H and O–H groups in total. The molecule has 0 spiro atoms. The van der Waals surface area contributed by atoms with Gasteiger partial charge in [0.2, 0.25) is 0 Å². The van der Waals surface area contributed by atoms with E-state index in [4.69, 9.17) is 9.47 Å². The lowest BCUT2D eigenvalue weighted by Gasteiger charge is -2.24. The zero-order valence-electron chi connectivity index (χ0n) is 14.0. The normalized spacial score (nSPS) is 13.9. The minimum Gasteiger partial charge on any atom is -0.497 e. The van der Waals surface area contributed by atoms with E-state index in [1.807, 2.05) is 6.07 Å². The summed E-state index contributed by atoms with van der Waals surface area (Å²) in [5, 5.41) is 3.52. The van der Waals surface area contributed by atoms with Crippen LogP contribution in [0.4, 0.5) is 0 Å². The average molecular weight is 293 g/mol. The van der Waals surface area contributed by atoms with Crippen LogP contribution in [-0.2, 0) is 11.2 Å². The molecule has 1 aromatic rings. The Morgan fingerprint density at radius 3 is 2.71 bits per heavy atom. The highest BCUT2D eigenvalue weighted by molar-refractivity contribution is 5.28. The quantitative estimate of drug-likeness (QED) is 0.633. The second kappa shape index (κ2) is 10.6. The van der Waals surface area contributed by atoms with Crippen molar-refractivity contribution in [1.29, 1.82) is 0 Å². The molecule has 0 aliphatic heterocycles. The van der Waals surface area contributed by atoms with E-state index in [0.29, 0.717) is 5.92 Å². The largest absolute Gasteiger partial charge is 0.497 e. The second-order valence-electron chi connectivity index (χ2n) is 5.78. The van der Waals surface area contributed by atoms with Gasteiger partial charge in [0.1, 0.15) is 5.75 Å². The molecular formula is C18H31NO2. The summed E-state index contributed by atoms with van der Waals surface area (Å²) in [5.74, 6) is 2.31. The molecule has 0 saturated heterocycles. The molecule has 21 heavy (non-hydrogen) atoms. The Hall–Kier alpha value is -1.06. The minimum atomic E-state index is 0.647. The fourth-order valence-corrected chi connectivity index (χ4v) is 2.73. The Morgan fingerprint density at radius 1 is 1.24 bits per heavy atom. The highest BCUT2D eigenvalue weighted by atomic mass is 16.5. The third kappa shape index (κ3) is 6.96. The van der Waals surface area contributed by atoms with E-state index in [1.54, 1.807) is 14.2 Å². The molecule has 3 heteroatoms. The van der Waals surface area contributed by atoms with E-state index in [9.17, 15) is 0 Å². The van der Waals surface area contributed by atoms with Crippen molar-refractivity contribution in [3.63, 3.8) is 0 Å². The first-order chi connectivity index (χ1) is 10.2. The fraction of sp³-hybridized carbons (Fsp3) is 0.667. The summed E-state index contributed by atoms with van der Waals surface area (Å²) in [5.41, 5.74) is 1.36. The van der Waals surface area contributed by atoms with Gasteiger partial charge < -0.3 is 14.8 Å². The molecule has 2 atom stereocenters. The first-order valence-electron chi connectivity index (χ1n) is 8.03. The highest BCUT2D eigenvalue weighted by Crippen LogP contribution is 2.23. The Kier molecular flexibility index (Phi) is 9.11. The van der Waals surface area contributed by atoms with Crippen LogP contribution < -0.4 is 10.1 Å². The van der Waals surface area contributed by atoms with Gasteiger partial charge in [-0.1, -0.05) is 38.8 Å². The molecule has 0 aliphatic rings. The first kappa shape index (κ1) is 18.0. The van der Waals surface area contributed by atoms with Crippen molar-refractivity contribution in [3.8, 4) is 5.75 Å². The molecule has 0 amide bonds. The van der Waals surface area contributed by atoms with Crippen LogP contribution in [0.5, 0.6) is 5.75 Å². The van der Waals surface area contributed by atoms with E-state index in [2.05, 4.69) is 37.4 Å². The number of methoxy groups -OCH3 is 2. The van der Waals surface area contributed by atoms with Gasteiger partial charge in [0.05, 0.1) is 13.7 Å². The Labute approximate surface area is 130 Å². The number of nitrogens with one attached hydrogen (secondary N) is 1. The topological polar surface area (TPSA) is 30.5 Å². The van der Waals surface area contributed by atoms with Crippen LogP contribution >= 0.6 is 0 Å². The SMILES string of the molecule is CCCC(C)C(CNCCOC)Cc1cccc(OC)c1. The smallest absolute Gasteiger partial charge is 0.119 e. The van der Waals surface area contributed by atoms with Gasteiger partial charge in [-0.3, -0.25) is 0 Å². The van der Waals surface area contributed by atoms with E-state index in [0.717, 1.165) is 37.8 Å². The summed E-state index contributed by atoms with van der Waals surface area (Å²) in [7, 11) is 3.47. The van der Waals surface area contributed by atoms with Gasteiger partial charge in [-0.15, -0.1) is 0 Å². The van der Waals surface area contributed by atoms with Crippen molar-refractivity contribution in [3.05, 3.63) is 29.8 Å². The van der Waals surface area contributed by atoms with Crippen molar-refractivity contribution < 1.29 is 9.47 Å². The Balaban J connectivity index is 2.61. The fourth-order valence-electron chi connectivity index (χ4n) is 2.73. The number of ether oxygens (including phenoxy) is 2. The Morgan fingerprint density at radius 2 is 2.05 bits per heavy atom. The van der Waals surface area contributed by atoms with Crippen LogP contribution in [0.15, 0.2) is 24.3 Å². The zero-order chi connectivity index (χ0) is 15.5. The number of hydrogen-bond acceptors (Lipinski definition) is 3. The van der Waals surface area contributed by atoms with Crippen LogP contribution in [-0.4, -0.2) is 33.9 Å². The van der Waals surface area contributed by atoms with Crippen molar-refractivity contribution in [2.45, 2.75) is 33.1 Å². The minimum absolute atomic E-state index is 0.647. The van der Waals surface area contributed by atoms with Crippen LogP contribution in [0.1, 0.15) is 32.3 Å². The maximum Gasteiger partial charge on any atom is 0.119 e. The van der Waals surface area contributed by atoms with Crippen LogP contribution in [0, 0.1) is 11.8 Å². The third-order valence-corrected chi connectivity index (χ3v) is 4.07. The molecule has 2 unspecified atom stereocenters. The lowest BCUT2D eigenvalue weighted by Crippen LogP contribution is -2.31. The summed E-state index contributed by atoms with van der Waals surface area (Å²) in [6, 6.07) is 8.43. The van der Waals surface area contributed by atoms with E-state index in [-0.39, 0.29) is 0 Å². The maximum atomic E-state index is 5.33. The summed E-state index contributed by atoms with van der Waals surface area (Å²) in [6.07, 6.45) is 3.62. The van der Waals surface area contributed by atoms with E-state index in [1.165, 1.54) is 18.4 Å². The summed E-state index contributed by atoms with van der Waals surface area (Å²) < 4.78 is 10.4. The predicted molar refractivity (Wildman–Crippen MR) is 89.0 cm³/mol. The van der Waals surface area contributed by atoms with Crippen molar-refractivity contribution in [1.82, 2.24) is 5.32 Å². The van der Waals surface area contributed by atoms with Crippen LogP contribution in [0.25, 0.3) is 0 Å². The van der Waals surface area contributed by atoms with Gasteiger partial charge in [0.25, 0.3) is 0 Å². The third-order valence-electron chi connectivity index (χ3n) is 4.07. The van der Waals surface area contributed by atoms with Gasteiger partial charge in [0, 0.05) is 13.7 Å². The summed E-state index contributed by atoms with van der Waals surface area (Å²) >= 11 is 0. The molecule has 0 aliphatic carbocycles. The number of rotatable bonds is 11. The van der Waals surface area contributed by atoms with Crippen molar-refractivity contribution >= 4 is 0 Å². The molecular weight excluding hydrogens is 262 g/mol. The van der Waals surface area contributed by atoms with Crippen LogP contribution in [0.3, 0.4) is 0 Å². The van der Waals surface area contributed by atoms with E-state index < -0.39 is 0 Å². The molecule has 0 bridgehead atoms. The molecule has 0 aromatic heterocycles. The first-order valence-corrected chi connectivity index (χ1v) is 8.03. The monoisotopic (exact) mass is 293 g/mol. The van der Waals surface area contributed by atoms with Crippen molar-refractivity contribution in [2.75, 3.05) is 33.9 Å². The molecule has 0 saturated carbocycles. The molecule has 0 heterocycles. The number of benzene rings is 1. The standard InChI is InChI=1S/C18H31NO2/c1-5-7-15(2)17(14-19-10-11-20-3)12-16-8-6-9-18(13-16)21-4/h6,8-9,13,15,17,19H,5,7,10-12,14H2,1-4H3. The van der Waals surface area contributed by atoms with Gasteiger partial charge >= 0.3 is 0 Å². The van der Waals surface area contributed by atoms with Gasteiger partial charge in [-0.2, -0.15) is 0 Å². The lowest BCUT2D eigenvalue weighted by molar-refractivity contribution is 0.195. The van der Waals surface area contributed by atoms with Crippen LogP contribution in [0.2, 0.25) is 0 Å². The highest BCUT2D eigenvalue weighted by Gasteiger charge is 2.17. The molecule has 1 aromatic carbocycles. The Bertz CT molecular complexity index is 381. The summed E-state index contributed by atoms with van der Waals surface area (Å²) in [4.78, 5) is 0. The molecule has 1 rings (SSSR count). The lowest BCUT2D eigenvalue weighted by atomic mass is 9.85. The maximum absolute atomic E-state index is 5.33. The molecule has 0 fully saturated rings. The molecule has 3 nitrogen and oxygen atoms in total. The zero-order valence-corrected chi connectivity index (χ0v) is 14.0. The predicted octanol–water partition coefficient (Wildman–Crippen LogP) is 3.53.